The Labute approximate surface area is 172 Å². The number of thiazole rings is 1. The number of nitrogens with one attached hydrogen (secondary N) is 1. The predicted octanol–water partition coefficient (Wildman–Crippen LogP) is 3.65. The molecule has 2 heterocycles. The molecular formula is C17H19Cl2N3O3S2. The van der Waals surface area contributed by atoms with Crippen molar-refractivity contribution in [3.05, 3.63) is 44.9 Å². The monoisotopic (exact) mass is 447 g/mol. The number of carbonyl (C=O) groups is 1. The third kappa shape index (κ3) is 5.42. The average Bonchev–Trinajstić information content (AvgIpc) is 3.04. The van der Waals surface area contributed by atoms with Crippen molar-refractivity contribution >= 4 is 55.6 Å². The van der Waals surface area contributed by atoms with Crippen LogP contribution < -0.4 is 5.32 Å². The van der Waals surface area contributed by atoms with Gasteiger partial charge in [0.05, 0.1) is 22.2 Å². The second kappa shape index (κ2) is 8.45. The van der Waals surface area contributed by atoms with E-state index in [1.54, 1.807) is 12.3 Å². The van der Waals surface area contributed by atoms with Gasteiger partial charge in [0.2, 0.25) is 15.9 Å². The highest BCUT2D eigenvalue weighted by atomic mass is 35.5. The zero-order chi connectivity index (χ0) is 19.6. The van der Waals surface area contributed by atoms with Gasteiger partial charge >= 0.3 is 0 Å². The third-order valence-corrected chi connectivity index (χ3v) is 7.29. The van der Waals surface area contributed by atoms with E-state index in [9.17, 15) is 13.2 Å². The Hall–Kier alpha value is -1.19. The van der Waals surface area contributed by atoms with Crippen LogP contribution in [0.5, 0.6) is 0 Å². The molecule has 1 N–H and O–H groups in total. The summed E-state index contributed by atoms with van der Waals surface area (Å²) in [6.07, 6.45) is 4.86. The van der Waals surface area contributed by atoms with Gasteiger partial charge in [0, 0.05) is 30.6 Å². The molecule has 0 bridgehead atoms. The number of nitrogens with zero attached hydrogens (tertiary/aromatic N) is 2. The molecule has 0 radical (unpaired) electrons. The van der Waals surface area contributed by atoms with E-state index in [-0.39, 0.29) is 18.4 Å². The Morgan fingerprint density at radius 3 is 2.85 bits per heavy atom. The number of halogens is 2. The second-order valence-corrected chi connectivity index (χ2v) is 10.4. The molecule has 1 aromatic heterocycles. The zero-order valence-corrected chi connectivity index (χ0v) is 17.8. The average molecular weight is 448 g/mol. The summed E-state index contributed by atoms with van der Waals surface area (Å²) < 4.78 is 24.8. The van der Waals surface area contributed by atoms with Gasteiger partial charge in [-0.3, -0.25) is 4.79 Å². The number of sulfonamides is 1. The summed E-state index contributed by atoms with van der Waals surface area (Å²) in [6.45, 7) is 0.680. The lowest BCUT2D eigenvalue weighted by Crippen LogP contribution is -2.43. The van der Waals surface area contributed by atoms with Gasteiger partial charge in [0.25, 0.3) is 0 Å². The van der Waals surface area contributed by atoms with Crippen molar-refractivity contribution in [3.63, 3.8) is 0 Å². The molecule has 146 valence electrons. The number of anilines is 1. The van der Waals surface area contributed by atoms with Crippen LogP contribution in [0.1, 0.15) is 23.3 Å². The Kier molecular flexibility index (Phi) is 6.43. The van der Waals surface area contributed by atoms with Crippen molar-refractivity contribution in [2.45, 2.75) is 19.3 Å². The Morgan fingerprint density at radius 2 is 2.15 bits per heavy atom. The van der Waals surface area contributed by atoms with Gasteiger partial charge in [-0.05, 0) is 30.5 Å². The maximum absolute atomic E-state index is 12.5. The van der Waals surface area contributed by atoms with Crippen LogP contribution in [0.3, 0.4) is 0 Å². The summed E-state index contributed by atoms with van der Waals surface area (Å²) >= 11 is 13.3. The zero-order valence-electron chi connectivity index (χ0n) is 14.6. The molecule has 1 aliphatic rings. The van der Waals surface area contributed by atoms with Crippen molar-refractivity contribution in [1.29, 1.82) is 0 Å². The lowest BCUT2D eigenvalue weighted by Gasteiger charge is -2.29. The highest BCUT2D eigenvalue weighted by Gasteiger charge is 2.30. The van der Waals surface area contributed by atoms with Gasteiger partial charge in [0.1, 0.15) is 0 Å². The smallest absolute Gasteiger partial charge is 0.230 e. The quantitative estimate of drug-likeness (QED) is 0.758. The number of aromatic nitrogens is 1. The second-order valence-electron chi connectivity index (χ2n) is 6.51. The normalized spacial score (nSPS) is 18.4. The standard InChI is InChI=1S/C17H19Cl2N3O3S2/c1-27(24,25)22-6-2-3-12(10-22)16(23)21-17-20-9-13(26-17)7-11-4-5-14(18)15(19)8-11/h4-5,8-9,12H,2-3,6-7,10H2,1H3,(H,20,21,23). The number of amides is 1. The number of carbonyl (C=O) groups excluding carboxylic acids is 1. The van der Waals surface area contributed by atoms with Gasteiger partial charge in [-0.1, -0.05) is 29.3 Å². The predicted molar refractivity (Wildman–Crippen MR) is 109 cm³/mol. The van der Waals surface area contributed by atoms with Gasteiger partial charge in [0.15, 0.2) is 5.13 Å². The molecule has 1 saturated heterocycles. The first kappa shape index (κ1) is 20.5. The van der Waals surface area contributed by atoms with Crippen molar-refractivity contribution in [2.75, 3.05) is 24.7 Å². The minimum Gasteiger partial charge on any atom is -0.302 e. The maximum atomic E-state index is 12.5. The largest absolute Gasteiger partial charge is 0.302 e. The topological polar surface area (TPSA) is 79.4 Å². The Bertz CT molecular complexity index is 947. The SMILES string of the molecule is CS(=O)(=O)N1CCCC(C(=O)Nc2ncc(Cc3ccc(Cl)c(Cl)c3)s2)C1. The van der Waals surface area contributed by atoms with Gasteiger partial charge in [-0.15, -0.1) is 11.3 Å². The molecule has 1 amide bonds. The van der Waals surface area contributed by atoms with E-state index in [0.717, 1.165) is 10.4 Å². The summed E-state index contributed by atoms with van der Waals surface area (Å²) in [5.41, 5.74) is 1.00. The first-order valence-corrected chi connectivity index (χ1v) is 11.8. The summed E-state index contributed by atoms with van der Waals surface area (Å²) in [7, 11) is -3.28. The minimum absolute atomic E-state index is 0.196. The van der Waals surface area contributed by atoms with E-state index in [4.69, 9.17) is 23.2 Å². The van der Waals surface area contributed by atoms with Crippen molar-refractivity contribution < 1.29 is 13.2 Å². The van der Waals surface area contributed by atoms with E-state index in [2.05, 4.69) is 10.3 Å². The van der Waals surface area contributed by atoms with Crippen LogP contribution >= 0.6 is 34.5 Å². The number of hydrogen-bond donors (Lipinski definition) is 1. The summed E-state index contributed by atoms with van der Waals surface area (Å²) in [5, 5.41) is 4.32. The molecule has 1 aliphatic heterocycles. The first-order valence-electron chi connectivity index (χ1n) is 8.37. The van der Waals surface area contributed by atoms with E-state index < -0.39 is 10.0 Å². The minimum atomic E-state index is -3.28. The third-order valence-electron chi connectivity index (χ3n) is 4.37. The summed E-state index contributed by atoms with van der Waals surface area (Å²) in [5.74, 6) is -0.560. The number of benzene rings is 1. The molecule has 1 aromatic carbocycles. The van der Waals surface area contributed by atoms with Gasteiger partial charge < -0.3 is 5.32 Å². The Balaban J connectivity index is 1.61. The lowest BCUT2D eigenvalue weighted by molar-refractivity contribution is -0.120. The molecule has 10 heteroatoms. The van der Waals surface area contributed by atoms with Crippen LogP contribution in [-0.4, -0.2) is 43.0 Å². The molecule has 6 nitrogen and oxygen atoms in total. The molecule has 27 heavy (non-hydrogen) atoms. The highest BCUT2D eigenvalue weighted by Crippen LogP contribution is 2.27. The van der Waals surface area contributed by atoms with E-state index in [0.29, 0.717) is 41.0 Å². The first-order chi connectivity index (χ1) is 12.7. The van der Waals surface area contributed by atoms with E-state index in [1.807, 2.05) is 12.1 Å². The number of piperidine rings is 1. The van der Waals surface area contributed by atoms with Crippen LogP contribution in [0.15, 0.2) is 24.4 Å². The van der Waals surface area contributed by atoms with Crippen molar-refractivity contribution in [2.24, 2.45) is 5.92 Å². The van der Waals surface area contributed by atoms with Crippen LogP contribution in [-0.2, 0) is 21.2 Å². The van der Waals surface area contributed by atoms with Crippen LogP contribution in [0.2, 0.25) is 10.0 Å². The Morgan fingerprint density at radius 1 is 1.37 bits per heavy atom. The van der Waals surface area contributed by atoms with Crippen LogP contribution in [0.4, 0.5) is 5.13 Å². The molecule has 1 atom stereocenters. The van der Waals surface area contributed by atoms with E-state index >= 15 is 0 Å². The number of hydrogen-bond acceptors (Lipinski definition) is 5. The lowest BCUT2D eigenvalue weighted by atomic mass is 9.99. The molecule has 3 rings (SSSR count). The number of rotatable bonds is 5. The fourth-order valence-electron chi connectivity index (χ4n) is 2.96. The molecule has 1 unspecified atom stereocenters. The van der Waals surface area contributed by atoms with Crippen molar-refractivity contribution in [1.82, 2.24) is 9.29 Å². The maximum Gasteiger partial charge on any atom is 0.230 e. The molecule has 0 spiro atoms. The molecule has 0 saturated carbocycles. The fraction of sp³-hybridized carbons (Fsp3) is 0.412. The van der Waals surface area contributed by atoms with Gasteiger partial charge in [-0.2, -0.15) is 0 Å². The summed E-state index contributed by atoms with van der Waals surface area (Å²) in [6, 6.07) is 5.46. The summed E-state index contributed by atoms with van der Waals surface area (Å²) in [4.78, 5) is 17.7. The highest BCUT2D eigenvalue weighted by molar-refractivity contribution is 7.88. The van der Waals surface area contributed by atoms with Crippen LogP contribution in [0, 0.1) is 5.92 Å². The van der Waals surface area contributed by atoms with Crippen molar-refractivity contribution in [3.8, 4) is 0 Å². The molecule has 1 fully saturated rings. The molecule has 0 aliphatic carbocycles. The molecule has 2 aromatic rings. The van der Waals surface area contributed by atoms with E-state index in [1.165, 1.54) is 21.9 Å². The van der Waals surface area contributed by atoms with Crippen LogP contribution in [0.25, 0.3) is 0 Å². The molecular weight excluding hydrogens is 429 g/mol. The fourth-order valence-corrected chi connectivity index (χ4v) is 5.04. The van der Waals surface area contributed by atoms with Gasteiger partial charge in [-0.25, -0.2) is 17.7 Å².